The smallest absolute Gasteiger partial charge is 0.370 e. The number of hydrogen-bond acceptors (Lipinski definition) is 3. The first-order valence-electron chi connectivity index (χ1n) is 8.06. The lowest BCUT2D eigenvalue weighted by atomic mass is 10.1. The van der Waals surface area contributed by atoms with Crippen molar-refractivity contribution in [3.05, 3.63) is 53.1 Å². The molecule has 1 aromatic carbocycles. The Balaban J connectivity index is 1.41. The predicted molar refractivity (Wildman–Crippen MR) is 83.5 cm³/mol. The minimum Gasteiger partial charge on any atom is -0.370 e. The number of carbonyl (C=O) groups is 1. The monoisotopic (exact) mass is 371 g/mol. The first-order valence-corrected chi connectivity index (χ1v) is 8.06. The van der Waals surface area contributed by atoms with Crippen LogP contribution in [0.5, 0.6) is 0 Å². The molecule has 9 heteroatoms. The SMILES string of the molecule is O=C(CCc1ccn[nH]1)N1CC(OCc2ccc(C(F)(F)F)cc2F)C1. The highest BCUT2D eigenvalue weighted by Gasteiger charge is 2.32. The minimum absolute atomic E-state index is 0.0137. The maximum atomic E-state index is 13.7. The van der Waals surface area contributed by atoms with Crippen LogP contribution in [0, 0.1) is 5.82 Å². The van der Waals surface area contributed by atoms with Crippen molar-refractivity contribution >= 4 is 5.91 Å². The first kappa shape index (κ1) is 18.4. The second-order valence-electron chi connectivity index (χ2n) is 6.12. The van der Waals surface area contributed by atoms with E-state index in [1.54, 1.807) is 17.2 Å². The van der Waals surface area contributed by atoms with E-state index >= 15 is 0 Å². The molecule has 26 heavy (non-hydrogen) atoms. The van der Waals surface area contributed by atoms with E-state index in [-0.39, 0.29) is 24.2 Å². The largest absolute Gasteiger partial charge is 0.416 e. The topological polar surface area (TPSA) is 58.2 Å². The summed E-state index contributed by atoms with van der Waals surface area (Å²) in [5, 5.41) is 6.59. The quantitative estimate of drug-likeness (QED) is 0.795. The second kappa shape index (κ2) is 7.45. The number of likely N-dealkylation sites (tertiary alicyclic amines) is 1. The Morgan fingerprint density at radius 2 is 2.08 bits per heavy atom. The summed E-state index contributed by atoms with van der Waals surface area (Å²) in [7, 11) is 0. The van der Waals surface area contributed by atoms with Gasteiger partial charge in [-0.2, -0.15) is 18.3 Å². The van der Waals surface area contributed by atoms with E-state index in [0.29, 0.717) is 32.0 Å². The van der Waals surface area contributed by atoms with Gasteiger partial charge in [-0.05, 0) is 24.6 Å². The third kappa shape index (κ3) is 4.40. The Hall–Kier alpha value is -2.42. The van der Waals surface area contributed by atoms with Crippen molar-refractivity contribution in [2.75, 3.05) is 13.1 Å². The zero-order valence-electron chi connectivity index (χ0n) is 13.7. The number of alkyl halides is 3. The Morgan fingerprint density at radius 3 is 2.69 bits per heavy atom. The summed E-state index contributed by atoms with van der Waals surface area (Å²) >= 11 is 0. The van der Waals surface area contributed by atoms with E-state index in [4.69, 9.17) is 4.74 Å². The van der Waals surface area contributed by atoms with Gasteiger partial charge in [-0.25, -0.2) is 4.39 Å². The van der Waals surface area contributed by atoms with Gasteiger partial charge in [-0.15, -0.1) is 0 Å². The molecule has 140 valence electrons. The lowest BCUT2D eigenvalue weighted by Crippen LogP contribution is -2.54. The Bertz CT molecular complexity index is 756. The summed E-state index contributed by atoms with van der Waals surface area (Å²) in [4.78, 5) is 13.6. The Morgan fingerprint density at radius 1 is 1.31 bits per heavy atom. The van der Waals surface area contributed by atoms with Gasteiger partial charge in [0.25, 0.3) is 0 Å². The summed E-state index contributed by atoms with van der Waals surface area (Å²) in [6.07, 6.45) is -2.29. The number of aromatic amines is 1. The van der Waals surface area contributed by atoms with Gasteiger partial charge in [0, 0.05) is 37.0 Å². The number of carbonyl (C=O) groups excluding carboxylic acids is 1. The molecule has 0 atom stereocenters. The number of halogens is 4. The average molecular weight is 371 g/mol. The van der Waals surface area contributed by atoms with E-state index < -0.39 is 17.6 Å². The number of nitrogens with zero attached hydrogens (tertiary/aromatic N) is 2. The molecule has 0 radical (unpaired) electrons. The molecule has 0 saturated carbocycles. The minimum atomic E-state index is -4.58. The van der Waals surface area contributed by atoms with Crippen molar-refractivity contribution in [2.24, 2.45) is 0 Å². The number of hydrogen-bond donors (Lipinski definition) is 1. The number of aryl methyl sites for hydroxylation is 1. The van der Waals surface area contributed by atoms with Crippen molar-refractivity contribution in [3.63, 3.8) is 0 Å². The highest BCUT2D eigenvalue weighted by molar-refractivity contribution is 5.77. The molecule has 0 bridgehead atoms. The zero-order valence-corrected chi connectivity index (χ0v) is 13.7. The fourth-order valence-corrected chi connectivity index (χ4v) is 2.62. The van der Waals surface area contributed by atoms with Gasteiger partial charge in [0.15, 0.2) is 0 Å². The van der Waals surface area contributed by atoms with Gasteiger partial charge in [0.1, 0.15) is 5.82 Å². The number of H-pyrrole nitrogens is 1. The lowest BCUT2D eigenvalue weighted by Gasteiger charge is -2.39. The number of nitrogens with one attached hydrogen (secondary N) is 1. The normalized spacial score (nSPS) is 15.2. The molecule has 1 fully saturated rings. The fourth-order valence-electron chi connectivity index (χ4n) is 2.62. The Kier molecular flexibility index (Phi) is 5.26. The lowest BCUT2D eigenvalue weighted by molar-refractivity contribution is -0.145. The molecule has 0 unspecified atom stereocenters. The number of amides is 1. The van der Waals surface area contributed by atoms with Gasteiger partial charge < -0.3 is 9.64 Å². The molecule has 5 nitrogen and oxygen atoms in total. The highest BCUT2D eigenvalue weighted by atomic mass is 19.4. The molecular weight excluding hydrogens is 354 g/mol. The maximum absolute atomic E-state index is 13.7. The van der Waals surface area contributed by atoms with Gasteiger partial charge in [-0.1, -0.05) is 6.07 Å². The van der Waals surface area contributed by atoms with Gasteiger partial charge in [0.2, 0.25) is 5.91 Å². The van der Waals surface area contributed by atoms with Gasteiger partial charge in [-0.3, -0.25) is 9.89 Å². The molecule has 1 aromatic heterocycles. The fraction of sp³-hybridized carbons (Fsp3) is 0.412. The Labute approximate surface area is 146 Å². The van der Waals surface area contributed by atoms with E-state index in [9.17, 15) is 22.4 Å². The van der Waals surface area contributed by atoms with Crippen LogP contribution in [0.25, 0.3) is 0 Å². The number of benzene rings is 1. The molecule has 1 aliphatic rings. The van der Waals surface area contributed by atoms with Crippen molar-refractivity contribution < 1.29 is 27.1 Å². The molecule has 1 amide bonds. The van der Waals surface area contributed by atoms with Crippen LogP contribution in [0.1, 0.15) is 23.2 Å². The first-order chi connectivity index (χ1) is 12.3. The van der Waals surface area contributed by atoms with E-state index in [1.807, 2.05) is 0 Å². The van der Waals surface area contributed by atoms with Crippen molar-refractivity contribution in [2.45, 2.75) is 31.7 Å². The predicted octanol–water partition coefficient (Wildman–Crippen LogP) is 2.93. The summed E-state index contributed by atoms with van der Waals surface area (Å²) < 4.78 is 56.7. The standard InChI is InChI=1S/C17H17F4N3O2/c18-15-7-12(17(19,20)21)2-1-11(15)10-26-14-8-24(9-14)16(25)4-3-13-5-6-22-23-13/h1-2,5-7,14H,3-4,8-10H2,(H,22,23). The van der Waals surface area contributed by atoms with Crippen LogP contribution in [-0.4, -0.2) is 40.2 Å². The van der Waals surface area contributed by atoms with Crippen molar-refractivity contribution in [1.82, 2.24) is 15.1 Å². The third-order valence-corrected chi connectivity index (χ3v) is 4.22. The summed E-state index contributed by atoms with van der Waals surface area (Å²) in [6, 6.07) is 4.16. The molecule has 1 N–H and O–H groups in total. The summed E-state index contributed by atoms with van der Waals surface area (Å²) in [6.45, 7) is 0.652. The van der Waals surface area contributed by atoms with Crippen molar-refractivity contribution in [3.8, 4) is 0 Å². The van der Waals surface area contributed by atoms with Crippen LogP contribution in [0.4, 0.5) is 17.6 Å². The van der Waals surface area contributed by atoms with Crippen LogP contribution in [0.15, 0.2) is 30.5 Å². The van der Waals surface area contributed by atoms with Crippen LogP contribution in [0.2, 0.25) is 0 Å². The van der Waals surface area contributed by atoms with Gasteiger partial charge >= 0.3 is 6.18 Å². The molecule has 0 aliphatic carbocycles. The summed E-state index contributed by atoms with van der Waals surface area (Å²) in [5.41, 5.74) is -0.0945. The molecule has 0 spiro atoms. The van der Waals surface area contributed by atoms with E-state index in [2.05, 4.69) is 10.2 Å². The molecular formula is C17H17F4N3O2. The average Bonchev–Trinajstić information content (AvgIpc) is 3.05. The van der Waals surface area contributed by atoms with Gasteiger partial charge in [0.05, 0.1) is 18.3 Å². The third-order valence-electron chi connectivity index (χ3n) is 4.22. The number of ether oxygens (including phenoxy) is 1. The highest BCUT2D eigenvalue weighted by Crippen LogP contribution is 2.30. The van der Waals surface area contributed by atoms with E-state index in [1.165, 1.54) is 0 Å². The molecule has 3 rings (SSSR count). The summed E-state index contributed by atoms with van der Waals surface area (Å²) in [5.74, 6) is -0.966. The van der Waals surface area contributed by atoms with Crippen LogP contribution in [0.3, 0.4) is 0 Å². The molecule has 1 saturated heterocycles. The zero-order chi connectivity index (χ0) is 18.7. The maximum Gasteiger partial charge on any atom is 0.416 e. The second-order valence-corrected chi connectivity index (χ2v) is 6.12. The number of aromatic nitrogens is 2. The molecule has 2 heterocycles. The van der Waals surface area contributed by atoms with Crippen LogP contribution >= 0.6 is 0 Å². The number of rotatable bonds is 6. The molecule has 2 aromatic rings. The van der Waals surface area contributed by atoms with Crippen molar-refractivity contribution in [1.29, 1.82) is 0 Å². The van der Waals surface area contributed by atoms with E-state index in [0.717, 1.165) is 17.8 Å². The molecule has 1 aliphatic heterocycles. The van der Waals surface area contributed by atoms with Crippen LogP contribution in [-0.2, 0) is 28.7 Å². The van der Waals surface area contributed by atoms with Crippen LogP contribution < -0.4 is 0 Å².